The predicted molar refractivity (Wildman–Crippen MR) is 137 cm³/mol. The fourth-order valence-electron chi connectivity index (χ4n) is 4.78. The van der Waals surface area contributed by atoms with Crippen LogP contribution in [0.15, 0.2) is 84.9 Å². The van der Waals surface area contributed by atoms with Gasteiger partial charge in [-0.05, 0) is 36.5 Å². The Balaban J connectivity index is 1.34. The topological polar surface area (TPSA) is 70.0 Å². The number of hydrogen-bond donors (Lipinski definition) is 2. The zero-order chi connectivity index (χ0) is 24.7. The lowest BCUT2D eigenvalue weighted by atomic mass is 9.84. The average Bonchev–Trinajstić information content (AvgIpc) is 2.89. The molecule has 184 valence electrons. The van der Waals surface area contributed by atoms with Gasteiger partial charge in [0, 0.05) is 31.6 Å². The van der Waals surface area contributed by atoms with E-state index in [9.17, 15) is 15.0 Å². The quantitative estimate of drug-likeness (QED) is 0.433. The van der Waals surface area contributed by atoms with Gasteiger partial charge in [-0.25, -0.2) is 0 Å². The minimum absolute atomic E-state index is 0.0769. The molecular formula is C30H35NO4. The normalized spacial score (nSPS) is 17.6. The van der Waals surface area contributed by atoms with Crippen LogP contribution < -0.4 is 0 Å². The van der Waals surface area contributed by atoms with Gasteiger partial charge in [0.05, 0.1) is 18.3 Å². The monoisotopic (exact) mass is 473 g/mol. The largest absolute Gasteiger partial charge is 0.389 e. The standard InChI is InChI=1S/C30H35NO4/c1-23-10-8-9-13-25(23)20-28(29(33)24-11-4-2-5-12-24)35-22-27(32)21-31-18-16-30(34,17-19-31)26-14-6-3-7-15-26/h2-15,27-28,32,34H,16-22H2,1H3. The Kier molecular flexibility index (Phi) is 8.47. The molecule has 2 unspecified atom stereocenters. The SMILES string of the molecule is Cc1ccccc1CC(OCC(O)CN1CCC(O)(c2ccccc2)CC1)C(=O)c1ccccc1. The van der Waals surface area contributed by atoms with Crippen LogP contribution in [0.4, 0.5) is 0 Å². The molecule has 1 aliphatic heterocycles. The molecular weight excluding hydrogens is 438 g/mol. The average molecular weight is 474 g/mol. The molecule has 1 fully saturated rings. The molecule has 1 heterocycles. The summed E-state index contributed by atoms with van der Waals surface area (Å²) in [6.07, 6.45) is 0.305. The van der Waals surface area contributed by atoms with Crippen LogP contribution in [0.1, 0.15) is 39.9 Å². The number of piperidine rings is 1. The van der Waals surface area contributed by atoms with Crippen LogP contribution in [-0.4, -0.2) is 59.3 Å². The van der Waals surface area contributed by atoms with Gasteiger partial charge in [-0.15, -0.1) is 0 Å². The smallest absolute Gasteiger partial charge is 0.191 e. The van der Waals surface area contributed by atoms with Gasteiger partial charge in [-0.2, -0.15) is 0 Å². The Morgan fingerprint density at radius 3 is 2.20 bits per heavy atom. The van der Waals surface area contributed by atoms with Crippen LogP contribution >= 0.6 is 0 Å². The maximum Gasteiger partial charge on any atom is 0.191 e. The third-order valence-electron chi connectivity index (χ3n) is 6.97. The molecule has 3 aromatic carbocycles. The van der Waals surface area contributed by atoms with E-state index in [-0.39, 0.29) is 12.4 Å². The molecule has 0 spiro atoms. The Hall–Kier alpha value is -2.83. The summed E-state index contributed by atoms with van der Waals surface area (Å²) in [5, 5.41) is 21.8. The van der Waals surface area contributed by atoms with E-state index in [1.807, 2.05) is 79.7 Å². The minimum Gasteiger partial charge on any atom is -0.389 e. The van der Waals surface area contributed by atoms with Gasteiger partial charge < -0.3 is 19.8 Å². The van der Waals surface area contributed by atoms with Gasteiger partial charge in [0.2, 0.25) is 0 Å². The molecule has 0 radical (unpaired) electrons. The first-order valence-electron chi connectivity index (χ1n) is 12.4. The number of β-amino-alcohol motifs (C(OH)–C–C–N with tert-alkyl or cyclic N) is 1. The first-order valence-corrected chi connectivity index (χ1v) is 12.4. The Labute approximate surface area is 208 Å². The molecule has 0 saturated carbocycles. The van der Waals surface area contributed by atoms with Gasteiger partial charge in [0.15, 0.2) is 5.78 Å². The molecule has 2 atom stereocenters. The van der Waals surface area contributed by atoms with Crippen molar-refractivity contribution < 1.29 is 19.7 Å². The molecule has 35 heavy (non-hydrogen) atoms. The fraction of sp³-hybridized carbons (Fsp3) is 0.367. The first kappa shape index (κ1) is 25.3. The molecule has 5 heteroatoms. The number of benzene rings is 3. The first-order chi connectivity index (χ1) is 16.9. The molecule has 0 bridgehead atoms. The number of aliphatic hydroxyl groups is 2. The van der Waals surface area contributed by atoms with Crippen molar-refractivity contribution in [1.29, 1.82) is 0 Å². The molecule has 5 nitrogen and oxygen atoms in total. The van der Waals surface area contributed by atoms with E-state index in [1.54, 1.807) is 12.1 Å². The molecule has 0 aromatic heterocycles. The lowest BCUT2D eigenvalue weighted by Gasteiger charge is -2.39. The second-order valence-corrected chi connectivity index (χ2v) is 9.53. The Bertz CT molecular complexity index is 1080. The summed E-state index contributed by atoms with van der Waals surface area (Å²) < 4.78 is 6.06. The van der Waals surface area contributed by atoms with E-state index in [1.165, 1.54) is 0 Å². The van der Waals surface area contributed by atoms with Crippen LogP contribution in [0.2, 0.25) is 0 Å². The maximum atomic E-state index is 13.2. The highest BCUT2D eigenvalue weighted by molar-refractivity contribution is 5.99. The van der Waals surface area contributed by atoms with Crippen LogP contribution in [-0.2, 0) is 16.8 Å². The highest BCUT2D eigenvalue weighted by atomic mass is 16.5. The van der Waals surface area contributed by atoms with Crippen molar-refractivity contribution in [2.45, 2.75) is 44.0 Å². The van der Waals surface area contributed by atoms with Crippen molar-refractivity contribution in [3.05, 3.63) is 107 Å². The fourth-order valence-corrected chi connectivity index (χ4v) is 4.78. The minimum atomic E-state index is -0.819. The number of Topliss-reactive ketones (excluding diaryl/α,β-unsaturated/α-hetero) is 1. The predicted octanol–water partition coefficient (Wildman–Crippen LogP) is 4.15. The second-order valence-electron chi connectivity index (χ2n) is 9.53. The third kappa shape index (κ3) is 6.65. The molecule has 4 rings (SSSR count). The van der Waals surface area contributed by atoms with Crippen LogP contribution in [0.25, 0.3) is 0 Å². The lowest BCUT2D eigenvalue weighted by Crippen LogP contribution is -2.46. The summed E-state index contributed by atoms with van der Waals surface area (Å²) >= 11 is 0. The zero-order valence-corrected chi connectivity index (χ0v) is 20.3. The number of aryl methyl sites for hydroxylation is 1. The number of likely N-dealkylation sites (tertiary alicyclic amines) is 1. The van der Waals surface area contributed by atoms with Gasteiger partial charge in [0.25, 0.3) is 0 Å². The van der Waals surface area contributed by atoms with Crippen molar-refractivity contribution in [2.75, 3.05) is 26.2 Å². The van der Waals surface area contributed by atoms with E-state index < -0.39 is 17.8 Å². The molecule has 1 aliphatic rings. The van der Waals surface area contributed by atoms with Crippen molar-refractivity contribution >= 4 is 5.78 Å². The summed E-state index contributed by atoms with van der Waals surface area (Å²) in [6, 6.07) is 27.0. The number of carbonyl (C=O) groups is 1. The number of ketones is 1. The summed E-state index contributed by atoms with van der Waals surface area (Å²) in [5.41, 5.74) is 2.91. The van der Waals surface area contributed by atoms with Crippen molar-refractivity contribution in [1.82, 2.24) is 4.90 Å². The maximum absolute atomic E-state index is 13.2. The number of ether oxygens (including phenoxy) is 1. The van der Waals surface area contributed by atoms with E-state index >= 15 is 0 Å². The highest BCUT2D eigenvalue weighted by Gasteiger charge is 2.34. The van der Waals surface area contributed by atoms with Gasteiger partial charge >= 0.3 is 0 Å². The number of rotatable bonds is 10. The number of aliphatic hydroxyl groups excluding tert-OH is 1. The Morgan fingerprint density at radius 2 is 1.54 bits per heavy atom. The summed E-state index contributed by atoms with van der Waals surface area (Å²) in [6.45, 7) is 3.94. The third-order valence-corrected chi connectivity index (χ3v) is 6.97. The molecule has 0 amide bonds. The highest BCUT2D eigenvalue weighted by Crippen LogP contribution is 2.32. The molecule has 0 aliphatic carbocycles. The van der Waals surface area contributed by atoms with Crippen molar-refractivity contribution in [2.24, 2.45) is 0 Å². The van der Waals surface area contributed by atoms with E-state index in [0.717, 1.165) is 16.7 Å². The van der Waals surface area contributed by atoms with Crippen molar-refractivity contribution in [3.63, 3.8) is 0 Å². The number of carbonyl (C=O) groups excluding carboxylic acids is 1. The van der Waals surface area contributed by atoms with Crippen LogP contribution in [0.3, 0.4) is 0 Å². The summed E-state index contributed by atoms with van der Waals surface area (Å²) in [7, 11) is 0. The van der Waals surface area contributed by atoms with E-state index in [4.69, 9.17) is 4.74 Å². The van der Waals surface area contributed by atoms with Crippen LogP contribution in [0.5, 0.6) is 0 Å². The Morgan fingerprint density at radius 1 is 0.943 bits per heavy atom. The van der Waals surface area contributed by atoms with Gasteiger partial charge in [-0.3, -0.25) is 4.79 Å². The molecule has 1 saturated heterocycles. The van der Waals surface area contributed by atoms with Crippen molar-refractivity contribution in [3.8, 4) is 0 Å². The van der Waals surface area contributed by atoms with Gasteiger partial charge in [0.1, 0.15) is 6.10 Å². The zero-order valence-electron chi connectivity index (χ0n) is 20.3. The van der Waals surface area contributed by atoms with Gasteiger partial charge in [-0.1, -0.05) is 84.9 Å². The van der Waals surface area contributed by atoms with Crippen LogP contribution in [0, 0.1) is 6.92 Å². The van der Waals surface area contributed by atoms with E-state index in [0.29, 0.717) is 44.5 Å². The number of nitrogens with zero attached hydrogens (tertiary/aromatic N) is 1. The number of hydrogen-bond acceptors (Lipinski definition) is 5. The summed E-state index contributed by atoms with van der Waals surface area (Å²) in [5.74, 6) is -0.0769. The molecule has 2 N–H and O–H groups in total. The molecule has 3 aromatic rings. The second kappa shape index (κ2) is 11.7. The van der Waals surface area contributed by atoms with E-state index in [2.05, 4.69) is 4.90 Å². The summed E-state index contributed by atoms with van der Waals surface area (Å²) in [4.78, 5) is 15.4. The lowest BCUT2D eigenvalue weighted by molar-refractivity contribution is -0.0483.